The fourth-order valence-electron chi connectivity index (χ4n) is 0.779. The van der Waals surface area contributed by atoms with Gasteiger partial charge in [0.05, 0.1) is 6.61 Å². The van der Waals surface area contributed by atoms with Gasteiger partial charge in [0.1, 0.15) is 0 Å². The third-order valence-electron chi connectivity index (χ3n) is 1.41. The van der Waals surface area contributed by atoms with Crippen LogP contribution in [0.25, 0.3) is 0 Å². The first-order chi connectivity index (χ1) is 5.77. The lowest BCUT2D eigenvalue weighted by atomic mass is 10.2. The van der Waals surface area contributed by atoms with Crippen molar-refractivity contribution in [3.05, 3.63) is 0 Å². The van der Waals surface area contributed by atoms with Crippen LogP contribution in [0.4, 0.5) is 0 Å². The molecule has 0 amide bonds. The second kappa shape index (κ2) is 9.36. The molecule has 0 aromatic rings. The SMILES string of the molecule is COCCSCCNCC(C)C. The van der Waals surface area contributed by atoms with Gasteiger partial charge in [-0.3, -0.25) is 0 Å². The first-order valence-electron chi connectivity index (χ1n) is 4.54. The van der Waals surface area contributed by atoms with Crippen LogP contribution in [-0.2, 0) is 4.74 Å². The lowest BCUT2D eigenvalue weighted by molar-refractivity contribution is 0.218. The highest BCUT2D eigenvalue weighted by Crippen LogP contribution is 1.97. The van der Waals surface area contributed by atoms with Crippen molar-refractivity contribution in [1.29, 1.82) is 0 Å². The number of methoxy groups -OCH3 is 1. The lowest BCUT2D eigenvalue weighted by Gasteiger charge is -2.06. The quantitative estimate of drug-likeness (QED) is 0.589. The van der Waals surface area contributed by atoms with Crippen molar-refractivity contribution in [3.8, 4) is 0 Å². The Balaban J connectivity index is 2.82. The number of hydrogen-bond donors (Lipinski definition) is 1. The summed E-state index contributed by atoms with van der Waals surface area (Å²) in [6.45, 7) is 7.57. The molecule has 0 bridgehead atoms. The van der Waals surface area contributed by atoms with E-state index in [1.807, 2.05) is 11.8 Å². The fourth-order valence-corrected chi connectivity index (χ4v) is 1.56. The minimum atomic E-state index is 0.758. The molecule has 0 aliphatic carbocycles. The Morgan fingerprint density at radius 2 is 2.08 bits per heavy atom. The average molecular weight is 191 g/mol. The zero-order valence-corrected chi connectivity index (χ0v) is 9.25. The molecule has 2 nitrogen and oxygen atoms in total. The fraction of sp³-hybridized carbons (Fsp3) is 1.00. The summed E-state index contributed by atoms with van der Waals surface area (Å²) in [5.41, 5.74) is 0. The third kappa shape index (κ3) is 10.3. The van der Waals surface area contributed by atoms with Crippen LogP contribution in [0.2, 0.25) is 0 Å². The summed E-state index contributed by atoms with van der Waals surface area (Å²) in [6, 6.07) is 0. The number of thioether (sulfide) groups is 1. The maximum absolute atomic E-state index is 4.95. The highest BCUT2D eigenvalue weighted by atomic mass is 32.2. The molecule has 0 radical (unpaired) electrons. The molecule has 0 aliphatic heterocycles. The van der Waals surface area contributed by atoms with Crippen molar-refractivity contribution in [1.82, 2.24) is 5.32 Å². The lowest BCUT2D eigenvalue weighted by Crippen LogP contribution is -2.22. The molecule has 0 atom stereocenters. The number of hydrogen-bond acceptors (Lipinski definition) is 3. The van der Waals surface area contributed by atoms with Crippen molar-refractivity contribution in [2.45, 2.75) is 13.8 Å². The smallest absolute Gasteiger partial charge is 0.0552 e. The van der Waals surface area contributed by atoms with Crippen LogP contribution < -0.4 is 5.32 Å². The normalized spacial score (nSPS) is 11.0. The van der Waals surface area contributed by atoms with E-state index >= 15 is 0 Å². The highest BCUT2D eigenvalue weighted by molar-refractivity contribution is 7.99. The molecule has 0 spiro atoms. The minimum Gasteiger partial charge on any atom is -0.384 e. The van der Waals surface area contributed by atoms with Crippen LogP contribution in [0.3, 0.4) is 0 Å². The van der Waals surface area contributed by atoms with Crippen LogP contribution in [0.5, 0.6) is 0 Å². The summed E-state index contributed by atoms with van der Waals surface area (Å²) in [5.74, 6) is 3.06. The minimum absolute atomic E-state index is 0.758. The standard InChI is InChI=1S/C9H21NOS/c1-9(2)8-10-4-6-12-7-5-11-3/h9-10H,4-8H2,1-3H3. The Hall–Kier alpha value is 0.270. The van der Waals surface area contributed by atoms with Gasteiger partial charge in [0, 0.05) is 25.2 Å². The van der Waals surface area contributed by atoms with E-state index in [-0.39, 0.29) is 0 Å². The Bertz CT molecular complexity index is 88.6. The van der Waals surface area contributed by atoms with E-state index in [1.165, 1.54) is 5.75 Å². The Labute approximate surface area is 80.4 Å². The Morgan fingerprint density at radius 1 is 1.33 bits per heavy atom. The van der Waals surface area contributed by atoms with Gasteiger partial charge in [0.25, 0.3) is 0 Å². The van der Waals surface area contributed by atoms with Gasteiger partial charge in [0.2, 0.25) is 0 Å². The van der Waals surface area contributed by atoms with Gasteiger partial charge in [0.15, 0.2) is 0 Å². The Morgan fingerprint density at radius 3 is 2.67 bits per heavy atom. The summed E-state index contributed by atoms with van der Waals surface area (Å²) >= 11 is 1.94. The molecule has 0 saturated heterocycles. The molecule has 0 fully saturated rings. The summed E-state index contributed by atoms with van der Waals surface area (Å²) in [5, 5.41) is 3.40. The molecule has 0 aromatic carbocycles. The molecule has 0 unspecified atom stereocenters. The van der Waals surface area contributed by atoms with Gasteiger partial charge >= 0.3 is 0 Å². The second-order valence-electron chi connectivity index (χ2n) is 3.20. The van der Waals surface area contributed by atoms with E-state index in [0.717, 1.165) is 31.4 Å². The predicted molar refractivity (Wildman–Crippen MR) is 56.9 cm³/mol. The zero-order valence-electron chi connectivity index (χ0n) is 8.43. The molecule has 74 valence electrons. The van der Waals surface area contributed by atoms with Crippen molar-refractivity contribution in [3.63, 3.8) is 0 Å². The van der Waals surface area contributed by atoms with Gasteiger partial charge in [-0.2, -0.15) is 11.8 Å². The van der Waals surface area contributed by atoms with Gasteiger partial charge in [-0.1, -0.05) is 13.8 Å². The van der Waals surface area contributed by atoms with E-state index < -0.39 is 0 Å². The largest absolute Gasteiger partial charge is 0.384 e. The molecule has 0 heterocycles. The number of ether oxygens (including phenoxy) is 1. The maximum Gasteiger partial charge on any atom is 0.0552 e. The summed E-state index contributed by atoms with van der Waals surface area (Å²) in [7, 11) is 1.75. The average Bonchev–Trinajstić information content (AvgIpc) is 2.02. The van der Waals surface area contributed by atoms with E-state index in [1.54, 1.807) is 7.11 Å². The monoisotopic (exact) mass is 191 g/mol. The highest BCUT2D eigenvalue weighted by Gasteiger charge is 1.92. The zero-order chi connectivity index (χ0) is 9.23. The van der Waals surface area contributed by atoms with Gasteiger partial charge in [-0.05, 0) is 12.5 Å². The van der Waals surface area contributed by atoms with E-state index in [4.69, 9.17) is 4.74 Å². The summed E-state index contributed by atoms with van der Waals surface area (Å²) in [6.07, 6.45) is 0. The molecule has 12 heavy (non-hydrogen) atoms. The van der Waals surface area contributed by atoms with Crippen LogP contribution in [0.1, 0.15) is 13.8 Å². The van der Waals surface area contributed by atoms with E-state index in [2.05, 4.69) is 19.2 Å². The number of rotatable bonds is 8. The summed E-state index contributed by atoms with van der Waals surface area (Å²) < 4.78 is 4.95. The molecule has 3 heteroatoms. The molecule has 0 aromatic heterocycles. The first kappa shape index (κ1) is 12.3. The van der Waals surface area contributed by atoms with Crippen molar-refractivity contribution in [2.75, 3.05) is 38.3 Å². The topological polar surface area (TPSA) is 21.3 Å². The molecule has 0 saturated carbocycles. The maximum atomic E-state index is 4.95. The first-order valence-corrected chi connectivity index (χ1v) is 5.70. The predicted octanol–water partition coefficient (Wildman–Crippen LogP) is 1.61. The molecular formula is C9H21NOS. The molecule has 0 aliphatic rings. The molecule has 0 rings (SSSR count). The van der Waals surface area contributed by atoms with E-state index in [9.17, 15) is 0 Å². The van der Waals surface area contributed by atoms with Crippen LogP contribution in [-0.4, -0.2) is 38.3 Å². The van der Waals surface area contributed by atoms with Crippen LogP contribution in [0.15, 0.2) is 0 Å². The van der Waals surface area contributed by atoms with E-state index in [0.29, 0.717) is 0 Å². The second-order valence-corrected chi connectivity index (χ2v) is 4.43. The van der Waals surface area contributed by atoms with Gasteiger partial charge < -0.3 is 10.1 Å². The van der Waals surface area contributed by atoms with Gasteiger partial charge in [-0.25, -0.2) is 0 Å². The van der Waals surface area contributed by atoms with Crippen molar-refractivity contribution < 1.29 is 4.74 Å². The number of nitrogens with one attached hydrogen (secondary N) is 1. The van der Waals surface area contributed by atoms with Crippen molar-refractivity contribution in [2.24, 2.45) is 5.92 Å². The molecular weight excluding hydrogens is 170 g/mol. The van der Waals surface area contributed by atoms with Crippen molar-refractivity contribution >= 4 is 11.8 Å². The van der Waals surface area contributed by atoms with Crippen LogP contribution in [0, 0.1) is 5.92 Å². The summed E-state index contributed by atoms with van der Waals surface area (Å²) in [4.78, 5) is 0. The van der Waals surface area contributed by atoms with Gasteiger partial charge in [-0.15, -0.1) is 0 Å². The van der Waals surface area contributed by atoms with Crippen LogP contribution >= 0.6 is 11.8 Å². The Kier molecular flexibility index (Phi) is 9.57. The third-order valence-corrected chi connectivity index (χ3v) is 2.36. The molecule has 1 N–H and O–H groups in total.